The Labute approximate surface area is 182 Å². The highest BCUT2D eigenvalue weighted by molar-refractivity contribution is 9.10. The van der Waals surface area contributed by atoms with Gasteiger partial charge in [-0.25, -0.2) is 0 Å². The number of likely N-dealkylation sites (tertiary alicyclic amines) is 1. The van der Waals surface area contributed by atoms with Crippen LogP contribution in [0.1, 0.15) is 69.4 Å². The van der Waals surface area contributed by atoms with E-state index >= 15 is 0 Å². The Morgan fingerprint density at radius 2 is 1.86 bits per heavy atom. The number of carbonyl (C=O) groups is 1. The van der Waals surface area contributed by atoms with Gasteiger partial charge in [0.1, 0.15) is 0 Å². The van der Waals surface area contributed by atoms with Crippen molar-refractivity contribution in [1.82, 2.24) is 4.90 Å². The first-order valence-electron chi connectivity index (χ1n) is 11.1. The number of methoxy groups -OCH3 is 2. The molecule has 4 saturated carbocycles. The summed E-state index contributed by atoms with van der Waals surface area (Å²) in [5, 5.41) is 0. The molecule has 1 aromatic rings. The lowest BCUT2D eigenvalue weighted by Gasteiger charge is -2.60. The van der Waals surface area contributed by atoms with E-state index in [4.69, 9.17) is 9.47 Å². The van der Waals surface area contributed by atoms with Gasteiger partial charge in [0.25, 0.3) is 0 Å². The van der Waals surface area contributed by atoms with Crippen LogP contribution in [-0.2, 0) is 4.79 Å². The zero-order chi connectivity index (χ0) is 20.2. The minimum atomic E-state index is 0.161. The molecule has 29 heavy (non-hydrogen) atoms. The highest BCUT2D eigenvalue weighted by Crippen LogP contribution is 2.65. The van der Waals surface area contributed by atoms with Crippen molar-refractivity contribution in [3.05, 3.63) is 23.8 Å². The highest BCUT2D eigenvalue weighted by atomic mass is 79.9. The van der Waals surface area contributed by atoms with Gasteiger partial charge < -0.3 is 14.4 Å². The maximum absolute atomic E-state index is 13.6. The number of rotatable bonds is 5. The fourth-order valence-electron chi connectivity index (χ4n) is 7.44. The van der Waals surface area contributed by atoms with Gasteiger partial charge in [-0.05, 0) is 86.3 Å². The monoisotopic (exact) mass is 461 g/mol. The lowest BCUT2D eigenvalue weighted by molar-refractivity contribution is -0.139. The van der Waals surface area contributed by atoms with Crippen LogP contribution in [-0.4, -0.2) is 35.9 Å². The summed E-state index contributed by atoms with van der Waals surface area (Å²) in [6, 6.07) is 6.26. The van der Waals surface area contributed by atoms with Crippen LogP contribution in [0.3, 0.4) is 0 Å². The molecule has 6 rings (SSSR count). The molecule has 5 fully saturated rings. The summed E-state index contributed by atoms with van der Waals surface area (Å²) in [4.78, 5) is 15.7. The molecule has 1 amide bonds. The first-order chi connectivity index (χ1) is 13.9. The molecule has 5 aliphatic rings. The molecule has 1 aromatic carbocycles. The van der Waals surface area contributed by atoms with Crippen molar-refractivity contribution in [2.24, 2.45) is 17.3 Å². The number of carbonyl (C=O) groups excluding carboxylic acids is 1. The number of benzene rings is 1. The van der Waals surface area contributed by atoms with E-state index in [1.165, 1.54) is 38.5 Å². The van der Waals surface area contributed by atoms with E-state index in [0.717, 1.165) is 54.7 Å². The minimum absolute atomic E-state index is 0.161. The van der Waals surface area contributed by atoms with Crippen molar-refractivity contribution in [1.29, 1.82) is 0 Å². The fraction of sp³-hybridized carbons (Fsp3) is 0.708. The average molecular weight is 462 g/mol. The minimum Gasteiger partial charge on any atom is -0.493 e. The van der Waals surface area contributed by atoms with Crippen molar-refractivity contribution >= 4 is 21.8 Å². The molecule has 5 heteroatoms. The second-order valence-electron chi connectivity index (χ2n) is 10.1. The molecule has 1 heterocycles. The van der Waals surface area contributed by atoms with Crippen molar-refractivity contribution in [3.8, 4) is 11.5 Å². The first-order valence-corrected chi connectivity index (χ1v) is 11.9. The predicted molar refractivity (Wildman–Crippen MR) is 117 cm³/mol. The highest BCUT2D eigenvalue weighted by Gasteiger charge is 2.57. The van der Waals surface area contributed by atoms with Gasteiger partial charge in [0, 0.05) is 17.3 Å². The molecule has 0 radical (unpaired) electrons. The third kappa shape index (κ3) is 3.47. The quantitative estimate of drug-likeness (QED) is 0.543. The second kappa shape index (κ2) is 7.18. The van der Waals surface area contributed by atoms with Crippen molar-refractivity contribution in [2.45, 2.75) is 68.2 Å². The van der Waals surface area contributed by atoms with Crippen LogP contribution in [0.4, 0.5) is 0 Å². The molecule has 4 aliphatic carbocycles. The Balaban J connectivity index is 1.35. The summed E-state index contributed by atoms with van der Waals surface area (Å²) >= 11 is 4.09. The number of halogens is 1. The predicted octanol–water partition coefficient (Wildman–Crippen LogP) is 5.49. The van der Waals surface area contributed by atoms with Crippen molar-refractivity contribution in [2.75, 3.05) is 20.8 Å². The third-order valence-corrected chi connectivity index (χ3v) is 8.93. The average Bonchev–Trinajstić information content (AvgIpc) is 3.15. The van der Waals surface area contributed by atoms with Gasteiger partial charge in [-0.15, -0.1) is 0 Å². The van der Waals surface area contributed by atoms with Crippen LogP contribution in [0.2, 0.25) is 0 Å². The van der Waals surface area contributed by atoms with Gasteiger partial charge in [-0.3, -0.25) is 4.79 Å². The smallest absolute Gasteiger partial charge is 0.223 e. The Morgan fingerprint density at radius 3 is 2.52 bits per heavy atom. The normalized spacial score (nSPS) is 37.8. The van der Waals surface area contributed by atoms with Gasteiger partial charge in [-0.2, -0.15) is 0 Å². The SMILES string of the molecule is COc1ccc(C2CCCN2C(=O)CC23CC4CC(CC(Br)(C4)C2)C3)cc1OC. The number of nitrogens with zero attached hydrogens (tertiary/aromatic N) is 1. The van der Waals surface area contributed by atoms with Crippen molar-refractivity contribution in [3.63, 3.8) is 0 Å². The van der Waals surface area contributed by atoms with E-state index in [0.29, 0.717) is 10.2 Å². The maximum atomic E-state index is 13.6. The zero-order valence-corrected chi connectivity index (χ0v) is 19.2. The fourth-order valence-corrected chi connectivity index (χ4v) is 8.95. The lowest BCUT2D eigenvalue weighted by atomic mass is 9.48. The number of alkyl halides is 1. The van der Waals surface area contributed by atoms with Crippen LogP contribution in [0.15, 0.2) is 18.2 Å². The summed E-state index contributed by atoms with van der Waals surface area (Å²) < 4.78 is 11.2. The number of amides is 1. The molecule has 3 atom stereocenters. The van der Waals surface area contributed by atoms with Crippen LogP contribution in [0, 0.1) is 17.3 Å². The molecular weight excluding hydrogens is 430 g/mol. The Morgan fingerprint density at radius 1 is 1.14 bits per heavy atom. The maximum Gasteiger partial charge on any atom is 0.223 e. The second-order valence-corrected chi connectivity index (χ2v) is 11.8. The van der Waals surface area contributed by atoms with Crippen LogP contribution < -0.4 is 9.47 Å². The molecule has 0 N–H and O–H groups in total. The third-order valence-electron chi connectivity index (χ3n) is 8.00. The van der Waals surface area contributed by atoms with Crippen molar-refractivity contribution < 1.29 is 14.3 Å². The van der Waals surface area contributed by atoms with E-state index in [2.05, 4.69) is 26.9 Å². The molecular formula is C24H32BrNO3. The first kappa shape index (κ1) is 19.7. The van der Waals surface area contributed by atoms with E-state index in [1.807, 2.05) is 12.1 Å². The van der Waals surface area contributed by atoms with Crippen LogP contribution in [0.25, 0.3) is 0 Å². The van der Waals surface area contributed by atoms with Gasteiger partial charge in [0.2, 0.25) is 5.91 Å². The molecule has 1 saturated heterocycles. The van der Waals surface area contributed by atoms with E-state index in [1.54, 1.807) is 14.2 Å². The summed E-state index contributed by atoms with van der Waals surface area (Å²) in [6.45, 7) is 0.875. The summed E-state index contributed by atoms with van der Waals surface area (Å²) in [6.07, 6.45) is 10.6. The van der Waals surface area contributed by atoms with Gasteiger partial charge in [0.15, 0.2) is 11.5 Å². The zero-order valence-electron chi connectivity index (χ0n) is 17.6. The topological polar surface area (TPSA) is 38.8 Å². The van der Waals surface area contributed by atoms with E-state index in [9.17, 15) is 4.79 Å². The van der Waals surface area contributed by atoms with E-state index in [-0.39, 0.29) is 11.5 Å². The molecule has 0 aromatic heterocycles. The summed E-state index contributed by atoms with van der Waals surface area (Å²) in [5.74, 6) is 3.49. The number of hydrogen-bond acceptors (Lipinski definition) is 3. The Kier molecular flexibility index (Phi) is 4.88. The molecule has 0 spiro atoms. The van der Waals surface area contributed by atoms with Gasteiger partial charge in [0.05, 0.1) is 20.3 Å². The van der Waals surface area contributed by atoms with Crippen LogP contribution in [0.5, 0.6) is 11.5 Å². The number of hydrogen-bond donors (Lipinski definition) is 0. The standard InChI is InChI=1S/C24H32BrNO3/c1-28-20-6-5-18(9-21(20)29-2)19-4-3-7-26(19)22(27)14-23-10-16-8-17(11-23)13-24(25,12-16)15-23/h5-6,9,16-17,19H,3-4,7-8,10-15H2,1-2H3. The van der Waals surface area contributed by atoms with E-state index < -0.39 is 0 Å². The van der Waals surface area contributed by atoms with Crippen LogP contribution >= 0.6 is 15.9 Å². The molecule has 4 nitrogen and oxygen atoms in total. The Bertz CT molecular complexity index is 795. The van der Waals surface area contributed by atoms with Gasteiger partial charge in [-0.1, -0.05) is 22.0 Å². The number of ether oxygens (including phenoxy) is 2. The van der Waals surface area contributed by atoms with Gasteiger partial charge >= 0.3 is 0 Å². The Hall–Kier alpha value is -1.23. The molecule has 158 valence electrons. The summed E-state index contributed by atoms with van der Waals surface area (Å²) in [7, 11) is 3.33. The molecule has 3 unspecified atom stereocenters. The lowest BCUT2D eigenvalue weighted by Crippen LogP contribution is -2.54. The summed E-state index contributed by atoms with van der Waals surface area (Å²) in [5.41, 5.74) is 1.39. The molecule has 4 bridgehead atoms. The molecule has 1 aliphatic heterocycles. The largest absolute Gasteiger partial charge is 0.493 e.